The summed E-state index contributed by atoms with van der Waals surface area (Å²) >= 11 is 6.13. The maximum Gasteiger partial charge on any atom is 0.236 e. The normalized spacial score (nSPS) is 10.2. The van der Waals surface area contributed by atoms with Gasteiger partial charge in [0.1, 0.15) is 5.82 Å². The molecule has 0 fully saturated rings. The predicted molar refractivity (Wildman–Crippen MR) is 64.2 cm³/mol. The van der Waals surface area contributed by atoms with Crippen LogP contribution in [0.2, 0.25) is 5.02 Å². The molecule has 0 saturated carbocycles. The second-order valence-electron chi connectivity index (χ2n) is 3.29. The minimum Gasteiger partial charge on any atom is -0.368 e. The number of pyridine rings is 1. The molecule has 1 amide bonds. The molecule has 0 atom stereocenters. The zero-order valence-electron chi connectivity index (χ0n) is 9.11. The Morgan fingerprint density at radius 3 is 2.81 bits per heavy atom. The number of aromatic nitrogens is 1. The molecule has 1 aromatic rings. The summed E-state index contributed by atoms with van der Waals surface area (Å²) in [7, 11) is 0. The number of amides is 1. The van der Waals surface area contributed by atoms with Crippen LogP contribution in [0.1, 0.15) is 12.5 Å². The van der Waals surface area contributed by atoms with Crippen LogP contribution in [0.5, 0.6) is 0 Å². The second kappa shape index (κ2) is 5.67. The Balaban J connectivity index is 3.04. The van der Waals surface area contributed by atoms with Crippen molar-refractivity contribution >= 4 is 23.3 Å². The second-order valence-corrected chi connectivity index (χ2v) is 3.67. The number of hydrogen-bond acceptors (Lipinski definition) is 4. The Morgan fingerprint density at radius 1 is 1.62 bits per heavy atom. The van der Waals surface area contributed by atoms with Gasteiger partial charge in [0.2, 0.25) is 5.91 Å². The van der Waals surface area contributed by atoms with Gasteiger partial charge in [-0.05, 0) is 18.6 Å². The first kappa shape index (κ1) is 12.7. The van der Waals surface area contributed by atoms with Gasteiger partial charge in [0.15, 0.2) is 0 Å². The molecule has 0 aliphatic rings. The molecule has 16 heavy (non-hydrogen) atoms. The summed E-state index contributed by atoms with van der Waals surface area (Å²) in [5.41, 5.74) is 11.5. The van der Waals surface area contributed by atoms with Crippen molar-refractivity contribution in [2.24, 2.45) is 11.5 Å². The predicted octanol–water partition coefficient (Wildman–Crippen LogP) is 0.505. The van der Waals surface area contributed by atoms with Crippen molar-refractivity contribution in [2.45, 2.75) is 13.5 Å². The SMILES string of the molecule is CCN(CC(N)=O)c1nccc(CN)c1Cl. The highest BCUT2D eigenvalue weighted by Gasteiger charge is 2.14. The average Bonchev–Trinajstić information content (AvgIpc) is 2.26. The molecule has 88 valence electrons. The first-order valence-electron chi connectivity index (χ1n) is 4.96. The Bertz CT molecular complexity index is 383. The van der Waals surface area contributed by atoms with Gasteiger partial charge in [-0.1, -0.05) is 11.6 Å². The van der Waals surface area contributed by atoms with E-state index < -0.39 is 5.91 Å². The highest BCUT2D eigenvalue weighted by molar-refractivity contribution is 6.33. The van der Waals surface area contributed by atoms with E-state index in [2.05, 4.69) is 4.98 Å². The highest BCUT2D eigenvalue weighted by Crippen LogP contribution is 2.26. The summed E-state index contributed by atoms with van der Waals surface area (Å²) in [6.45, 7) is 2.93. The number of nitrogens with zero attached hydrogens (tertiary/aromatic N) is 2. The van der Waals surface area contributed by atoms with Gasteiger partial charge in [-0.2, -0.15) is 0 Å². The third-order valence-electron chi connectivity index (χ3n) is 2.20. The number of anilines is 1. The topological polar surface area (TPSA) is 85.2 Å². The molecule has 0 bridgehead atoms. The van der Waals surface area contributed by atoms with Gasteiger partial charge in [-0.15, -0.1) is 0 Å². The van der Waals surface area contributed by atoms with Gasteiger partial charge < -0.3 is 16.4 Å². The van der Waals surface area contributed by atoms with Crippen LogP contribution in [-0.2, 0) is 11.3 Å². The fraction of sp³-hybridized carbons (Fsp3) is 0.400. The zero-order valence-corrected chi connectivity index (χ0v) is 9.87. The molecule has 0 aliphatic heterocycles. The van der Waals surface area contributed by atoms with E-state index in [-0.39, 0.29) is 6.54 Å². The van der Waals surface area contributed by atoms with Crippen molar-refractivity contribution in [1.82, 2.24) is 4.98 Å². The average molecular weight is 243 g/mol. The molecule has 1 aromatic heterocycles. The number of halogens is 1. The number of carbonyl (C=O) groups is 1. The van der Waals surface area contributed by atoms with Crippen LogP contribution in [0.15, 0.2) is 12.3 Å². The van der Waals surface area contributed by atoms with Crippen LogP contribution >= 0.6 is 11.6 Å². The van der Waals surface area contributed by atoms with Crippen molar-refractivity contribution in [2.75, 3.05) is 18.0 Å². The minimum atomic E-state index is -0.419. The number of nitrogens with two attached hydrogens (primary N) is 2. The number of hydrogen-bond donors (Lipinski definition) is 2. The molecule has 5 nitrogen and oxygen atoms in total. The zero-order chi connectivity index (χ0) is 12.1. The summed E-state index contributed by atoms with van der Waals surface area (Å²) < 4.78 is 0. The molecule has 0 aromatic carbocycles. The number of carbonyl (C=O) groups excluding carboxylic acids is 1. The van der Waals surface area contributed by atoms with Gasteiger partial charge in [-0.25, -0.2) is 4.98 Å². The lowest BCUT2D eigenvalue weighted by molar-refractivity contribution is -0.116. The molecule has 4 N–H and O–H groups in total. The molecule has 1 heterocycles. The van der Waals surface area contributed by atoms with E-state index in [1.54, 1.807) is 17.2 Å². The van der Waals surface area contributed by atoms with Crippen LogP contribution in [-0.4, -0.2) is 24.0 Å². The molecule has 0 spiro atoms. The monoisotopic (exact) mass is 242 g/mol. The van der Waals surface area contributed by atoms with Crippen molar-refractivity contribution in [3.8, 4) is 0 Å². The van der Waals surface area contributed by atoms with Gasteiger partial charge in [0, 0.05) is 19.3 Å². The Hall–Kier alpha value is -1.33. The maximum atomic E-state index is 10.9. The number of rotatable bonds is 5. The van der Waals surface area contributed by atoms with Crippen LogP contribution in [0, 0.1) is 0 Å². The Morgan fingerprint density at radius 2 is 2.31 bits per heavy atom. The summed E-state index contributed by atoms with van der Waals surface area (Å²) in [5, 5.41) is 0.480. The lowest BCUT2D eigenvalue weighted by atomic mass is 10.2. The fourth-order valence-corrected chi connectivity index (χ4v) is 1.68. The van der Waals surface area contributed by atoms with Crippen molar-refractivity contribution < 1.29 is 4.79 Å². The first-order chi connectivity index (χ1) is 7.60. The van der Waals surface area contributed by atoms with Crippen LogP contribution in [0.25, 0.3) is 0 Å². The molecule has 0 saturated heterocycles. The Labute approximate surface area is 99.4 Å². The van der Waals surface area contributed by atoms with Gasteiger partial charge in [0.05, 0.1) is 11.6 Å². The van der Waals surface area contributed by atoms with Gasteiger partial charge >= 0.3 is 0 Å². The lowest BCUT2D eigenvalue weighted by Gasteiger charge is -2.21. The Kier molecular flexibility index (Phi) is 4.52. The third kappa shape index (κ3) is 2.84. The van der Waals surface area contributed by atoms with Crippen LogP contribution < -0.4 is 16.4 Å². The molecule has 1 rings (SSSR count). The summed E-state index contributed by atoms with van der Waals surface area (Å²) in [6.07, 6.45) is 1.62. The largest absolute Gasteiger partial charge is 0.368 e. The number of likely N-dealkylation sites (N-methyl/N-ethyl adjacent to an activating group) is 1. The van der Waals surface area contributed by atoms with E-state index >= 15 is 0 Å². The molecule has 6 heteroatoms. The van der Waals surface area contributed by atoms with E-state index in [0.29, 0.717) is 23.9 Å². The number of primary amides is 1. The van der Waals surface area contributed by atoms with Gasteiger partial charge in [-0.3, -0.25) is 4.79 Å². The van der Waals surface area contributed by atoms with E-state index in [9.17, 15) is 4.79 Å². The quantitative estimate of drug-likeness (QED) is 0.788. The standard InChI is InChI=1S/C10H15ClN4O/c1-2-15(6-8(13)16)10-9(11)7(5-12)3-4-14-10/h3-4H,2,5-6,12H2,1H3,(H2,13,16). The highest BCUT2D eigenvalue weighted by atomic mass is 35.5. The molecular formula is C10H15ClN4O. The lowest BCUT2D eigenvalue weighted by Crippen LogP contribution is -2.34. The van der Waals surface area contributed by atoms with Crippen molar-refractivity contribution in [3.05, 3.63) is 22.8 Å². The fourth-order valence-electron chi connectivity index (χ4n) is 1.37. The van der Waals surface area contributed by atoms with E-state index in [4.69, 9.17) is 23.1 Å². The van der Waals surface area contributed by atoms with Crippen LogP contribution in [0.4, 0.5) is 5.82 Å². The molecular weight excluding hydrogens is 228 g/mol. The summed E-state index contributed by atoms with van der Waals surface area (Å²) in [4.78, 5) is 16.7. The van der Waals surface area contributed by atoms with E-state index in [0.717, 1.165) is 5.56 Å². The van der Waals surface area contributed by atoms with Gasteiger partial charge in [0.25, 0.3) is 0 Å². The minimum absolute atomic E-state index is 0.0945. The van der Waals surface area contributed by atoms with Crippen LogP contribution in [0.3, 0.4) is 0 Å². The third-order valence-corrected chi connectivity index (χ3v) is 2.61. The van der Waals surface area contributed by atoms with Crippen molar-refractivity contribution in [3.63, 3.8) is 0 Å². The van der Waals surface area contributed by atoms with E-state index in [1.165, 1.54) is 0 Å². The summed E-state index contributed by atoms with van der Waals surface area (Å²) in [6, 6.07) is 1.75. The maximum absolute atomic E-state index is 10.9. The summed E-state index contributed by atoms with van der Waals surface area (Å²) in [5.74, 6) is 0.129. The molecule has 0 unspecified atom stereocenters. The molecule has 0 aliphatic carbocycles. The first-order valence-corrected chi connectivity index (χ1v) is 5.34. The smallest absolute Gasteiger partial charge is 0.236 e. The van der Waals surface area contributed by atoms with E-state index in [1.807, 2.05) is 6.92 Å². The molecule has 0 radical (unpaired) electrons. The van der Waals surface area contributed by atoms with Crippen molar-refractivity contribution in [1.29, 1.82) is 0 Å².